The van der Waals surface area contributed by atoms with Gasteiger partial charge in [0.15, 0.2) is 0 Å². The van der Waals surface area contributed by atoms with E-state index in [1.54, 1.807) is 38.4 Å². The number of nitrogens with zero attached hydrogens (tertiary/aromatic N) is 1. The number of rotatable bonds is 3. The van der Waals surface area contributed by atoms with Gasteiger partial charge in [0.05, 0.1) is 6.04 Å². The molecule has 1 aliphatic heterocycles. The summed E-state index contributed by atoms with van der Waals surface area (Å²) in [5.41, 5.74) is 1.33. The fourth-order valence-corrected chi connectivity index (χ4v) is 2.09. The molecule has 1 heterocycles. The molecule has 5 heteroatoms. The molecule has 19 heavy (non-hydrogen) atoms. The van der Waals surface area contributed by atoms with Gasteiger partial charge in [-0.3, -0.25) is 9.59 Å². The van der Waals surface area contributed by atoms with Crippen LogP contribution in [0.1, 0.15) is 23.2 Å². The van der Waals surface area contributed by atoms with Crippen LogP contribution >= 0.6 is 0 Å². The minimum Gasteiger partial charge on any atom is -0.345 e. The number of amides is 2. The zero-order valence-corrected chi connectivity index (χ0v) is 11.3. The van der Waals surface area contributed by atoms with Gasteiger partial charge in [0.2, 0.25) is 5.91 Å². The number of nitrogens with one attached hydrogen (secondary N) is 2. The van der Waals surface area contributed by atoms with Gasteiger partial charge in [0.25, 0.3) is 5.91 Å². The quantitative estimate of drug-likeness (QED) is 0.856. The summed E-state index contributed by atoms with van der Waals surface area (Å²) in [4.78, 5) is 25.1. The topological polar surface area (TPSA) is 61.4 Å². The standard InChI is InChI=1S/C14H19N3O2/c1-17(2)14(19)10-5-7-11(8-6-10)16-13(18)12-4-3-9-15-12/h5-8,12,15H,3-4,9H2,1-2H3,(H,16,18)/t12-/m0/s1. The SMILES string of the molecule is CN(C)C(=O)c1ccc(NC(=O)[C@@H]2CCCN2)cc1. The number of carbonyl (C=O) groups is 2. The molecule has 0 bridgehead atoms. The van der Waals surface area contributed by atoms with E-state index in [9.17, 15) is 9.59 Å². The smallest absolute Gasteiger partial charge is 0.253 e. The van der Waals surface area contributed by atoms with Crippen molar-refractivity contribution in [1.82, 2.24) is 10.2 Å². The summed E-state index contributed by atoms with van der Waals surface area (Å²) < 4.78 is 0. The van der Waals surface area contributed by atoms with Crippen molar-refractivity contribution >= 4 is 17.5 Å². The van der Waals surface area contributed by atoms with Crippen LogP contribution < -0.4 is 10.6 Å². The molecule has 1 aliphatic rings. The maximum absolute atomic E-state index is 11.9. The van der Waals surface area contributed by atoms with Crippen LogP contribution in [0.4, 0.5) is 5.69 Å². The Hall–Kier alpha value is -1.88. The molecule has 2 rings (SSSR count). The van der Waals surface area contributed by atoms with E-state index in [1.165, 1.54) is 4.90 Å². The Kier molecular flexibility index (Phi) is 4.16. The largest absolute Gasteiger partial charge is 0.345 e. The molecule has 0 radical (unpaired) electrons. The highest BCUT2D eigenvalue weighted by Gasteiger charge is 2.21. The first kappa shape index (κ1) is 13.5. The summed E-state index contributed by atoms with van der Waals surface area (Å²) in [5.74, 6) is -0.0560. The van der Waals surface area contributed by atoms with Gasteiger partial charge in [0.1, 0.15) is 0 Å². The van der Waals surface area contributed by atoms with Crippen LogP contribution in [0.3, 0.4) is 0 Å². The van der Waals surface area contributed by atoms with E-state index in [0.717, 1.165) is 19.4 Å². The molecule has 0 unspecified atom stereocenters. The van der Waals surface area contributed by atoms with Crippen molar-refractivity contribution in [3.63, 3.8) is 0 Å². The van der Waals surface area contributed by atoms with Crippen molar-refractivity contribution in [2.24, 2.45) is 0 Å². The molecule has 0 aliphatic carbocycles. The number of carbonyl (C=O) groups excluding carboxylic acids is 2. The van der Waals surface area contributed by atoms with Crippen LogP contribution in [0.25, 0.3) is 0 Å². The third-order valence-corrected chi connectivity index (χ3v) is 3.18. The van der Waals surface area contributed by atoms with Crippen molar-refractivity contribution in [3.8, 4) is 0 Å². The minimum atomic E-state index is -0.0944. The van der Waals surface area contributed by atoms with E-state index in [1.807, 2.05) is 0 Å². The predicted octanol–water partition coefficient (Wildman–Crippen LogP) is 1.08. The Labute approximate surface area is 113 Å². The highest BCUT2D eigenvalue weighted by Crippen LogP contribution is 2.13. The van der Waals surface area contributed by atoms with E-state index in [4.69, 9.17) is 0 Å². The van der Waals surface area contributed by atoms with E-state index in [-0.39, 0.29) is 17.9 Å². The Morgan fingerprint density at radius 3 is 2.47 bits per heavy atom. The van der Waals surface area contributed by atoms with Crippen LogP contribution in [0.15, 0.2) is 24.3 Å². The second kappa shape index (κ2) is 5.84. The highest BCUT2D eigenvalue weighted by atomic mass is 16.2. The van der Waals surface area contributed by atoms with Crippen LogP contribution in [-0.4, -0.2) is 43.4 Å². The molecule has 2 amide bonds. The van der Waals surface area contributed by atoms with E-state index >= 15 is 0 Å². The van der Waals surface area contributed by atoms with Crippen molar-refractivity contribution in [3.05, 3.63) is 29.8 Å². The van der Waals surface area contributed by atoms with Gasteiger partial charge in [0, 0.05) is 25.3 Å². The first-order chi connectivity index (χ1) is 9.08. The molecule has 1 fully saturated rings. The number of benzene rings is 1. The molecular formula is C14H19N3O2. The molecule has 1 aromatic carbocycles. The molecule has 102 valence electrons. The zero-order chi connectivity index (χ0) is 13.8. The molecule has 1 saturated heterocycles. The third kappa shape index (κ3) is 3.32. The molecular weight excluding hydrogens is 242 g/mol. The van der Waals surface area contributed by atoms with Crippen molar-refractivity contribution in [2.45, 2.75) is 18.9 Å². The lowest BCUT2D eigenvalue weighted by Gasteiger charge is -2.13. The molecule has 0 aromatic heterocycles. The average Bonchev–Trinajstić information content (AvgIpc) is 2.92. The number of hydrogen-bond donors (Lipinski definition) is 2. The van der Waals surface area contributed by atoms with E-state index in [0.29, 0.717) is 11.3 Å². The van der Waals surface area contributed by atoms with Gasteiger partial charge in [-0.1, -0.05) is 0 Å². The molecule has 1 atom stereocenters. The monoisotopic (exact) mass is 261 g/mol. The Morgan fingerprint density at radius 2 is 1.95 bits per heavy atom. The maximum atomic E-state index is 11.9. The van der Waals surface area contributed by atoms with Crippen LogP contribution in [0.5, 0.6) is 0 Å². The third-order valence-electron chi connectivity index (χ3n) is 3.18. The lowest BCUT2D eigenvalue weighted by Crippen LogP contribution is -2.35. The Morgan fingerprint density at radius 1 is 1.26 bits per heavy atom. The fourth-order valence-electron chi connectivity index (χ4n) is 2.09. The summed E-state index contributed by atoms with van der Waals surface area (Å²) in [5, 5.41) is 6.00. The normalized spacial score (nSPS) is 18.1. The predicted molar refractivity (Wildman–Crippen MR) is 74.1 cm³/mol. The zero-order valence-electron chi connectivity index (χ0n) is 11.3. The van der Waals surface area contributed by atoms with Crippen molar-refractivity contribution in [1.29, 1.82) is 0 Å². The molecule has 2 N–H and O–H groups in total. The van der Waals surface area contributed by atoms with Crippen molar-refractivity contribution < 1.29 is 9.59 Å². The maximum Gasteiger partial charge on any atom is 0.253 e. The summed E-state index contributed by atoms with van der Waals surface area (Å²) in [6.45, 7) is 0.897. The van der Waals surface area contributed by atoms with Crippen LogP contribution in [0, 0.1) is 0 Å². The second-order valence-electron chi connectivity index (χ2n) is 4.92. The molecule has 1 aromatic rings. The van der Waals surface area contributed by atoms with Gasteiger partial charge in [-0.25, -0.2) is 0 Å². The summed E-state index contributed by atoms with van der Waals surface area (Å²) in [6, 6.07) is 6.86. The Bertz CT molecular complexity index is 462. The first-order valence-corrected chi connectivity index (χ1v) is 6.44. The van der Waals surface area contributed by atoms with Crippen LogP contribution in [-0.2, 0) is 4.79 Å². The van der Waals surface area contributed by atoms with Gasteiger partial charge < -0.3 is 15.5 Å². The molecule has 5 nitrogen and oxygen atoms in total. The fraction of sp³-hybridized carbons (Fsp3) is 0.429. The van der Waals surface area contributed by atoms with Gasteiger partial charge in [-0.2, -0.15) is 0 Å². The van der Waals surface area contributed by atoms with E-state index < -0.39 is 0 Å². The first-order valence-electron chi connectivity index (χ1n) is 6.44. The van der Waals surface area contributed by atoms with Crippen molar-refractivity contribution in [2.75, 3.05) is 26.0 Å². The van der Waals surface area contributed by atoms with Gasteiger partial charge in [-0.15, -0.1) is 0 Å². The van der Waals surface area contributed by atoms with Gasteiger partial charge >= 0.3 is 0 Å². The number of hydrogen-bond acceptors (Lipinski definition) is 3. The minimum absolute atomic E-state index is 0.0100. The second-order valence-corrected chi connectivity index (χ2v) is 4.92. The number of anilines is 1. The highest BCUT2D eigenvalue weighted by molar-refractivity contribution is 5.97. The molecule has 0 spiro atoms. The van der Waals surface area contributed by atoms with Crippen LogP contribution in [0.2, 0.25) is 0 Å². The summed E-state index contributed by atoms with van der Waals surface area (Å²) in [7, 11) is 3.42. The summed E-state index contributed by atoms with van der Waals surface area (Å²) >= 11 is 0. The lowest BCUT2D eigenvalue weighted by molar-refractivity contribution is -0.117. The van der Waals surface area contributed by atoms with Gasteiger partial charge in [-0.05, 0) is 43.7 Å². The summed E-state index contributed by atoms with van der Waals surface area (Å²) in [6.07, 6.45) is 1.91. The van der Waals surface area contributed by atoms with E-state index in [2.05, 4.69) is 10.6 Å². The average molecular weight is 261 g/mol. The molecule has 0 saturated carbocycles. The lowest BCUT2D eigenvalue weighted by atomic mass is 10.1. The Balaban J connectivity index is 1.98.